The van der Waals surface area contributed by atoms with Crippen molar-refractivity contribution in [1.29, 1.82) is 0 Å². The number of likely N-dealkylation sites (tertiary alicyclic amines) is 1. The summed E-state index contributed by atoms with van der Waals surface area (Å²) >= 11 is 0. The van der Waals surface area contributed by atoms with Gasteiger partial charge in [-0.1, -0.05) is 32.0 Å². The third-order valence-corrected chi connectivity index (χ3v) is 4.55. The smallest absolute Gasteiger partial charge is 0.229 e. The number of para-hydroxylation sites is 1. The zero-order valence-corrected chi connectivity index (χ0v) is 14.9. The van der Waals surface area contributed by atoms with Gasteiger partial charge in [-0.25, -0.2) is 0 Å². The molecule has 1 N–H and O–H groups in total. The summed E-state index contributed by atoms with van der Waals surface area (Å²) in [6.45, 7) is 10.7. The van der Waals surface area contributed by atoms with Crippen LogP contribution in [0.5, 0.6) is 0 Å². The van der Waals surface area contributed by atoms with Crippen LogP contribution in [0.3, 0.4) is 0 Å². The monoisotopic (exact) mass is 316 g/mol. The van der Waals surface area contributed by atoms with Crippen molar-refractivity contribution < 1.29 is 9.59 Å². The van der Waals surface area contributed by atoms with Crippen LogP contribution in [0, 0.1) is 5.92 Å². The Kier molecular flexibility index (Phi) is 5.12. The van der Waals surface area contributed by atoms with Crippen molar-refractivity contribution in [3.63, 3.8) is 0 Å². The molecule has 1 heterocycles. The first-order valence-corrected chi connectivity index (χ1v) is 8.50. The maximum absolute atomic E-state index is 12.7. The van der Waals surface area contributed by atoms with Gasteiger partial charge in [-0.3, -0.25) is 9.59 Å². The van der Waals surface area contributed by atoms with Gasteiger partial charge in [0.25, 0.3) is 0 Å². The van der Waals surface area contributed by atoms with Gasteiger partial charge in [0.1, 0.15) is 0 Å². The van der Waals surface area contributed by atoms with Gasteiger partial charge in [-0.2, -0.15) is 0 Å². The predicted molar refractivity (Wildman–Crippen MR) is 93.4 cm³/mol. The molecule has 126 valence electrons. The number of nitrogens with one attached hydrogen (secondary N) is 1. The van der Waals surface area contributed by atoms with Crippen LogP contribution < -0.4 is 5.32 Å². The standard InChI is InChI=1S/C19H28N2O2/c1-6-13-9-8-10-14(7-2)17(13)20-18(23)15-11-16(22)21(12-15)19(3,4)5/h8-10,15H,6-7,11-12H2,1-5H3,(H,20,23). The Morgan fingerprint density at radius 2 is 1.78 bits per heavy atom. The lowest BCUT2D eigenvalue weighted by atomic mass is 10.0. The number of carbonyl (C=O) groups excluding carboxylic acids is 2. The van der Waals surface area contributed by atoms with Gasteiger partial charge in [0.2, 0.25) is 11.8 Å². The lowest BCUT2D eigenvalue weighted by molar-refractivity contribution is -0.131. The first-order chi connectivity index (χ1) is 10.8. The topological polar surface area (TPSA) is 49.4 Å². The number of hydrogen-bond acceptors (Lipinski definition) is 2. The Morgan fingerprint density at radius 1 is 1.22 bits per heavy atom. The van der Waals surface area contributed by atoms with Crippen LogP contribution in [0.15, 0.2) is 18.2 Å². The Balaban J connectivity index is 2.17. The minimum atomic E-state index is -0.267. The molecule has 1 aromatic rings. The normalized spacial score (nSPS) is 18.4. The highest BCUT2D eigenvalue weighted by Crippen LogP contribution is 2.28. The summed E-state index contributed by atoms with van der Waals surface area (Å²) < 4.78 is 0. The first kappa shape index (κ1) is 17.5. The SMILES string of the molecule is CCc1cccc(CC)c1NC(=O)C1CC(=O)N(C(C)(C)C)C1. The molecule has 1 aliphatic heterocycles. The fourth-order valence-electron chi connectivity index (χ4n) is 3.16. The Labute approximate surface area is 139 Å². The Hall–Kier alpha value is -1.84. The van der Waals surface area contributed by atoms with E-state index in [9.17, 15) is 9.59 Å². The van der Waals surface area contributed by atoms with Crippen LogP contribution in [0.2, 0.25) is 0 Å². The molecule has 2 rings (SSSR count). The van der Waals surface area contributed by atoms with Gasteiger partial charge in [-0.15, -0.1) is 0 Å². The highest BCUT2D eigenvalue weighted by molar-refractivity contribution is 5.98. The summed E-state index contributed by atoms with van der Waals surface area (Å²) in [6, 6.07) is 6.14. The van der Waals surface area contributed by atoms with Gasteiger partial charge in [0.05, 0.1) is 5.92 Å². The molecule has 1 atom stereocenters. The van der Waals surface area contributed by atoms with Gasteiger partial charge in [0, 0.05) is 24.2 Å². The van der Waals surface area contributed by atoms with Crippen LogP contribution >= 0.6 is 0 Å². The highest BCUT2D eigenvalue weighted by Gasteiger charge is 2.39. The summed E-state index contributed by atoms with van der Waals surface area (Å²) in [7, 11) is 0. The molecule has 2 amide bonds. The number of benzene rings is 1. The summed E-state index contributed by atoms with van der Waals surface area (Å²) in [5, 5.41) is 3.10. The molecule has 0 spiro atoms. The van der Waals surface area contributed by atoms with E-state index in [1.165, 1.54) is 0 Å². The van der Waals surface area contributed by atoms with Gasteiger partial charge in [-0.05, 0) is 44.7 Å². The molecule has 0 aromatic heterocycles. The van der Waals surface area contributed by atoms with E-state index in [-0.39, 0.29) is 23.3 Å². The maximum atomic E-state index is 12.7. The first-order valence-electron chi connectivity index (χ1n) is 8.50. The summed E-state index contributed by atoms with van der Waals surface area (Å²) in [4.78, 5) is 26.7. The van der Waals surface area contributed by atoms with E-state index in [1.54, 1.807) is 0 Å². The van der Waals surface area contributed by atoms with Crippen molar-refractivity contribution in [2.24, 2.45) is 5.92 Å². The highest BCUT2D eigenvalue weighted by atomic mass is 16.2. The average molecular weight is 316 g/mol. The van der Waals surface area contributed by atoms with Crippen LogP contribution in [-0.2, 0) is 22.4 Å². The molecule has 1 unspecified atom stereocenters. The number of rotatable bonds is 4. The summed E-state index contributed by atoms with van der Waals surface area (Å²) in [5.41, 5.74) is 3.00. The fourth-order valence-corrected chi connectivity index (χ4v) is 3.16. The second-order valence-corrected chi connectivity index (χ2v) is 7.22. The van der Waals surface area contributed by atoms with E-state index >= 15 is 0 Å². The van der Waals surface area contributed by atoms with Gasteiger partial charge in [0.15, 0.2) is 0 Å². The Morgan fingerprint density at radius 3 is 2.22 bits per heavy atom. The van der Waals surface area contributed by atoms with Crippen molar-refractivity contribution in [2.45, 2.75) is 59.4 Å². The molecule has 1 aliphatic rings. The molecule has 4 nitrogen and oxygen atoms in total. The van der Waals surface area contributed by atoms with E-state index in [4.69, 9.17) is 0 Å². The van der Waals surface area contributed by atoms with Crippen LogP contribution in [0.1, 0.15) is 52.2 Å². The molecule has 0 bridgehead atoms. The second-order valence-electron chi connectivity index (χ2n) is 7.22. The molecule has 0 radical (unpaired) electrons. The third-order valence-electron chi connectivity index (χ3n) is 4.55. The zero-order valence-electron chi connectivity index (χ0n) is 14.9. The van der Waals surface area contributed by atoms with Crippen molar-refractivity contribution in [2.75, 3.05) is 11.9 Å². The minimum Gasteiger partial charge on any atom is -0.337 e. The Bertz CT molecular complexity index is 580. The quantitative estimate of drug-likeness (QED) is 0.925. The maximum Gasteiger partial charge on any atom is 0.229 e. The summed E-state index contributed by atoms with van der Waals surface area (Å²) in [6.07, 6.45) is 2.06. The minimum absolute atomic E-state index is 0.0410. The van der Waals surface area contributed by atoms with Crippen molar-refractivity contribution in [3.05, 3.63) is 29.3 Å². The molecule has 0 saturated carbocycles. The summed E-state index contributed by atoms with van der Waals surface area (Å²) in [5.74, 6) is -0.241. The van der Waals surface area contributed by atoms with Gasteiger partial charge < -0.3 is 10.2 Å². The van der Waals surface area contributed by atoms with E-state index in [0.29, 0.717) is 13.0 Å². The lowest BCUT2D eigenvalue weighted by Gasteiger charge is -2.32. The number of aryl methyl sites for hydroxylation is 2. The molecular weight excluding hydrogens is 288 g/mol. The second kappa shape index (κ2) is 6.73. The molecule has 1 fully saturated rings. The number of amides is 2. The molecular formula is C19H28N2O2. The van der Waals surface area contributed by atoms with E-state index < -0.39 is 0 Å². The van der Waals surface area contributed by atoms with Crippen LogP contribution in [0.25, 0.3) is 0 Å². The van der Waals surface area contributed by atoms with Crippen LogP contribution in [-0.4, -0.2) is 28.8 Å². The average Bonchev–Trinajstić information content (AvgIpc) is 2.89. The largest absolute Gasteiger partial charge is 0.337 e. The number of hydrogen-bond donors (Lipinski definition) is 1. The third kappa shape index (κ3) is 3.74. The fraction of sp³-hybridized carbons (Fsp3) is 0.579. The molecule has 23 heavy (non-hydrogen) atoms. The number of anilines is 1. The zero-order chi connectivity index (χ0) is 17.2. The van der Waals surface area contributed by atoms with Crippen molar-refractivity contribution in [1.82, 2.24) is 4.90 Å². The predicted octanol–water partition coefficient (Wildman–Crippen LogP) is 3.40. The van der Waals surface area contributed by atoms with E-state index in [2.05, 4.69) is 31.3 Å². The number of nitrogens with zero attached hydrogens (tertiary/aromatic N) is 1. The van der Waals surface area contributed by atoms with Crippen molar-refractivity contribution >= 4 is 17.5 Å². The molecule has 1 aromatic carbocycles. The lowest BCUT2D eigenvalue weighted by Crippen LogP contribution is -2.42. The van der Waals surface area contributed by atoms with Crippen LogP contribution in [0.4, 0.5) is 5.69 Å². The van der Waals surface area contributed by atoms with E-state index in [0.717, 1.165) is 29.7 Å². The van der Waals surface area contributed by atoms with Gasteiger partial charge >= 0.3 is 0 Å². The molecule has 0 aliphatic carbocycles. The number of carbonyl (C=O) groups is 2. The molecule has 1 saturated heterocycles. The molecule has 4 heteroatoms. The van der Waals surface area contributed by atoms with Crippen molar-refractivity contribution in [3.8, 4) is 0 Å². The van der Waals surface area contributed by atoms with E-state index in [1.807, 2.05) is 31.7 Å².